The maximum absolute atomic E-state index is 13.6. The van der Waals surface area contributed by atoms with Crippen LogP contribution in [0.25, 0.3) is 16.7 Å². The van der Waals surface area contributed by atoms with Crippen LogP contribution in [0.5, 0.6) is 5.75 Å². The van der Waals surface area contributed by atoms with E-state index in [1.54, 1.807) is 7.11 Å². The third-order valence-electron chi connectivity index (χ3n) is 3.17. The van der Waals surface area contributed by atoms with Crippen molar-refractivity contribution in [2.24, 2.45) is 0 Å². The molecule has 0 amide bonds. The molecule has 3 aromatic rings. The van der Waals surface area contributed by atoms with E-state index in [1.807, 2.05) is 35.8 Å². The predicted octanol–water partition coefficient (Wildman–Crippen LogP) is 4.14. The number of ether oxygens (including phenoxy) is 1. The zero-order valence-corrected chi connectivity index (χ0v) is 11.9. The van der Waals surface area contributed by atoms with Gasteiger partial charge < -0.3 is 9.72 Å². The Morgan fingerprint density at radius 1 is 1.20 bits per heavy atom. The molecule has 0 radical (unpaired) electrons. The van der Waals surface area contributed by atoms with E-state index in [2.05, 4.69) is 4.98 Å². The molecule has 0 bridgehead atoms. The van der Waals surface area contributed by atoms with Crippen molar-refractivity contribution in [3.05, 3.63) is 52.5 Å². The number of nitrogens with one attached hydrogen (secondary N) is 1. The van der Waals surface area contributed by atoms with E-state index in [1.165, 1.54) is 12.1 Å². The fourth-order valence-electron chi connectivity index (χ4n) is 2.32. The van der Waals surface area contributed by atoms with Crippen LogP contribution in [0.3, 0.4) is 0 Å². The molecule has 20 heavy (non-hydrogen) atoms. The Hall–Kier alpha value is -2.14. The number of hydrogen-bond acceptors (Lipinski definition) is 2. The summed E-state index contributed by atoms with van der Waals surface area (Å²) in [4.78, 5) is 3.11. The maximum atomic E-state index is 13.6. The normalized spacial score (nSPS) is 10.9. The summed E-state index contributed by atoms with van der Waals surface area (Å²) in [5.41, 5.74) is 3.31. The molecule has 0 saturated heterocycles. The lowest BCUT2D eigenvalue weighted by Gasteiger charge is -2.06. The molecule has 5 heteroatoms. The number of aromatic nitrogens is 2. The summed E-state index contributed by atoms with van der Waals surface area (Å²) < 4.78 is 21.1. The van der Waals surface area contributed by atoms with Crippen LogP contribution in [0.15, 0.2) is 36.4 Å². The average Bonchev–Trinajstić information content (AvgIpc) is 2.72. The first kappa shape index (κ1) is 12.9. The summed E-state index contributed by atoms with van der Waals surface area (Å²) in [5.74, 6) is 0.473. The van der Waals surface area contributed by atoms with Gasteiger partial charge >= 0.3 is 0 Å². The highest BCUT2D eigenvalue weighted by molar-refractivity contribution is 7.71. The van der Waals surface area contributed by atoms with E-state index in [-0.39, 0.29) is 5.82 Å². The van der Waals surface area contributed by atoms with Gasteiger partial charge in [0.1, 0.15) is 11.6 Å². The van der Waals surface area contributed by atoms with Gasteiger partial charge in [-0.2, -0.15) is 0 Å². The van der Waals surface area contributed by atoms with Crippen LogP contribution in [0, 0.1) is 17.5 Å². The highest BCUT2D eigenvalue weighted by Gasteiger charge is 2.09. The van der Waals surface area contributed by atoms with Crippen LogP contribution in [-0.4, -0.2) is 16.7 Å². The molecule has 1 N–H and O–H groups in total. The number of nitrogens with zero attached hydrogens (tertiary/aromatic N) is 1. The zero-order valence-electron chi connectivity index (χ0n) is 11.1. The third kappa shape index (κ3) is 2.10. The Bertz CT molecular complexity index is 830. The topological polar surface area (TPSA) is 29.9 Å². The molecule has 1 aromatic heterocycles. The molecule has 3 rings (SSSR count). The standard InChI is InChI=1S/C15H13FN2OS/c1-9-5-10(16)7-11(6-9)18-14-4-3-12(19-2)8-13(14)17-15(18)20/h3-8H,1-2H3,(H,17,20). The van der Waals surface area contributed by atoms with E-state index in [0.717, 1.165) is 22.3 Å². The molecule has 102 valence electrons. The molecule has 0 atom stereocenters. The summed E-state index contributed by atoms with van der Waals surface area (Å²) in [6, 6.07) is 10.5. The Balaban J connectivity index is 2.30. The number of H-pyrrole nitrogens is 1. The van der Waals surface area contributed by atoms with Gasteiger partial charge in [0.25, 0.3) is 0 Å². The van der Waals surface area contributed by atoms with Crippen molar-refractivity contribution in [3.8, 4) is 11.4 Å². The quantitative estimate of drug-likeness (QED) is 0.718. The van der Waals surface area contributed by atoms with E-state index in [9.17, 15) is 4.39 Å². The fourth-order valence-corrected chi connectivity index (χ4v) is 2.63. The van der Waals surface area contributed by atoms with Gasteiger partial charge in [0.05, 0.1) is 23.8 Å². The number of benzene rings is 2. The van der Waals surface area contributed by atoms with Gasteiger partial charge in [-0.25, -0.2) is 4.39 Å². The minimum Gasteiger partial charge on any atom is -0.497 e. The molecule has 0 aliphatic rings. The van der Waals surface area contributed by atoms with E-state index < -0.39 is 0 Å². The molecule has 0 unspecified atom stereocenters. The smallest absolute Gasteiger partial charge is 0.182 e. The molecule has 0 aliphatic carbocycles. The van der Waals surface area contributed by atoms with Gasteiger partial charge in [-0.15, -0.1) is 0 Å². The van der Waals surface area contributed by atoms with Crippen LogP contribution >= 0.6 is 12.2 Å². The molecule has 0 spiro atoms. The lowest BCUT2D eigenvalue weighted by atomic mass is 10.2. The Labute approximate surface area is 120 Å². The van der Waals surface area contributed by atoms with E-state index in [4.69, 9.17) is 17.0 Å². The Morgan fingerprint density at radius 2 is 2.00 bits per heavy atom. The Kier molecular flexibility index (Phi) is 3.06. The number of methoxy groups -OCH3 is 1. The average molecular weight is 288 g/mol. The fraction of sp³-hybridized carbons (Fsp3) is 0.133. The second-order valence-electron chi connectivity index (χ2n) is 4.64. The minimum atomic E-state index is -0.273. The monoisotopic (exact) mass is 288 g/mol. The lowest BCUT2D eigenvalue weighted by Crippen LogP contribution is -1.96. The summed E-state index contributed by atoms with van der Waals surface area (Å²) in [6.45, 7) is 1.86. The van der Waals surface area contributed by atoms with Gasteiger partial charge in [0, 0.05) is 6.07 Å². The molecule has 0 fully saturated rings. The van der Waals surface area contributed by atoms with Crippen molar-refractivity contribution in [2.75, 3.05) is 7.11 Å². The van der Waals surface area contributed by atoms with Crippen molar-refractivity contribution in [3.63, 3.8) is 0 Å². The third-order valence-corrected chi connectivity index (χ3v) is 3.46. The summed E-state index contributed by atoms with van der Waals surface area (Å²) in [5, 5.41) is 0. The molecule has 0 saturated carbocycles. The summed E-state index contributed by atoms with van der Waals surface area (Å²) in [6.07, 6.45) is 0. The zero-order chi connectivity index (χ0) is 14.3. The van der Waals surface area contributed by atoms with Crippen LogP contribution in [0.2, 0.25) is 0 Å². The summed E-state index contributed by atoms with van der Waals surface area (Å²) >= 11 is 5.35. The van der Waals surface area contributed by atoms with Crippen molar-refractivity contribution in [1.29, 1.82) is 0 Å². The maximum Gasteiger partial charge on any atom is 0.182 e. The first-order valence-corrected chi connectivity index (χ1v) is 6.55. The van der Waals surface area contributed by atoms with Gasteiger partial charge in [-0.1, -0.05) is 0 Å². The number of imidazole rings is 1. The molecular weight excluding hydrogens is 275 g/mol. The van der Waals surface area contributed by atoms with E-state index in [0.29, 0.717) is 10.5 Å². The van der Waals surface area contributed by atoms with Gasteiger partial charge in [0.2, 0.25) is 0 Å². The Morgan fingerprint density at radius 3 is 2.70 bits per heavy atom. The SMILES string of the molecule is COc1ccc2c(c1)[nH]c(=S)n2-c1cc(C)cc(F)c1. The van der Waals surface area contributed by atoms with Crippen molar-refractivity contribution >= 4 is 23.3 Å². The predicted molar refractivity (Wildman–Crippen MR) is 79.7 cm³/mol. The highest BCUT2D eigenvalue weighted by atomic mass is 32.1. The van der Waals surface area contributed by atoms with Gasteiger partial charge in [0.15, 0.2) is 4.77 Å². The molecular formula is C15H13FN2OS. The minimum absolute atomic E-state index is 0.273. The van der Waals surface area contributed by atoms with E-state index >= 15 is 0 Å². The molecule has 0 aliphatic heterocycles. The molecule has 3 nitrogen and oxygen atoms in total. The number of fused-ring (bicyclic) bond motifs is 1. The lowest BCUT2D eigenvalue weighted by molar-refractivity contribution is 0.415. The summed E-state index contributed by atoms with van der Waals surface area (Å²) in [7, 11) is 1.61. The first-order valence-electron chi connectivity index (χ1n) is 6.15. The number of aromatic amines is 1. The molecule has 2 aromatic carbocycles. The van der Waals surface area contributed by atoms with Gasteiger partial charge in [-0.3, -0.25) is 4.57 Å². The highest BCUT2D eigenvalue weighted by Crippen LogP contribution is 2.24. The second kappa shape index (κ2) is 4.76. The second-order valence-corrected chi connectivity index (χ2v) is 5.02. The van der Waals surface area contributed by atoms with Crippen LogP contribution < -0.4 is 4.74 Å². The van der Waals surface area contributed by atoms with Crippen molar-refractivity contribution < 1.29 is 9.13 Å². The van der Waals surface area contributed by atoms with Crippen LogP contribution in [0.4, 0.5) is 4.39 Å². The van der Waals surface area contributed by atoms with Crippen molar-refractivity contribution in [2.45, 2.75) is 6.92 Å². The van der Waals surface area contributed by atoms with Gasteiger partial charge in [-0.05, 0) is 55.0 Å². The van der Waals surface area contributed by atoms with Crippen LogP contribution in [0.1, 0.15) is 5.56 Å². The largest absolute Gasteiger partial charge is 0.497 e. The molecule has 1 heterocycles. The first-order chi connectivity index (χ1) is 9.58. The van der Waals surface area contributed by atoms with Crippen molar-refractivity contribution in [1.82, 2.24) is 9.55 Å². The number of rotatable bonds is 2. The number of halogens is 1. The number of aryl methyl sites for hydroxylation is 1. The van der Waals surface area contributed by atoms with Crippen LogP contribution in [-0.2, 0) is 0 Å². The number of hydrogen-bond donors (Lipinski definition) is 1.